The summed E-state index contributed by atoms with van der Waals surface area (Å²) in [5.74, 6) is -0.408. The van der Waals surface area contributed by atoms with Crippen LogP contribution in [0.3, 0.4) is 0 Å². The number of ether oxygens (including phenoxy) is 1. The standard InChI is InChI=1S/C28H27N5O5/c1-33-24(9-11-30-33)32-26(36)19-7-8-23-20(14-19)28(10-12-38-23)15-21(28)27(37)31-22-13-17(16-29)5-6-18(22)3-2-4-25(34)35/h5-9,11,13-14,21H,2-4,10,12,15H2,1H3,(H,31,37)(H,32,36)(H,34,35)/t21-,28-/m0/s1. The van der Waals surface area contributed by atoms with Gasteiger partial charge in [0.1, 0.15) is 11.6 Å². The van der Waals surface area contributed by atoms with Crippen LogP contribution in [0.1, 0.15) is 52.7 Å². The third-order valence-corrected chi connectivity index (χ3v) is 7.37. The van der Waals surface area contributed by atoms with Crippen LogP contribution in [0.2, 0.25) is 0 Å². The van der Waals surface area contributed by atoms with Gasteiger partial charge in [0.05, 0.1) is 24.4 Å². The number of nitrogens with one attached hydrogen (secondary N) is 2. The molecule has 2 aromatic carbocycles. The highest BCUT2D eigenvalue weighted by atomic mass is 16.5. The Hall–Kier alpha value is -4.65. The van der Waals surface area contributed by atoms with Crippen LogP contribution in [0.4, 0.5) is 11.5 Å². The monoisotopic (exact) mass is 513 g/mol. The van der Waals surface area contributed by atoms with Crippen LogP contribution in [0, 0.1) is 17.2 Å². The highest BCUT2D eigenvalue weighted by Crippen LogP contribution is 2.61. The minimum absolute atomic E-state index is 0.0203. The van der Waals surface area contributed by atoms with Crippen molar-refractivity contribution in [1.29, 1.82) is 5.26 Å². The van der Waals surface area contributed by atoms with Crippen molar-refractivity contribution < 1.29 is 24.2 Å². The molecule has 1 aliphatic heterocycles. The number of benzene rings is 2. The lowest BCUT2D eigenvalue weighted by Gasteiger charge is -2.27. The molecule has 3 N–H and O–H groups in total. The van der Waals surface area contributed by atoms with Gasteiger partial charge >= 0.3 is 5.97 Å². The summed E-state index contributed by atoms with van der Waals surface area (Å²) in [5, 5.41) is 28.2. The van der Waals surface area contributed by atoms with Gasteiger partial charge in [-0.05, 0) is 61.6 Å². The third-order valence-electron chi connectivity index (χ3n) is 7.37. The normalized spacial score (nSPS) is 19.1. The lowest BCUT2D eigenvalue weighted by molar-refractivity contribution is -0.137. The molecule has 3 aromatic rings. The molecule has 10 nitrogen and oxygen atoms in total. The van der Waals surface area contributed by atoms with Crippen LogP contribution in [0.15, 0.2) is 48.7 Å². The van der Waals surface area contributed by atoms with Gasteiger partial charge in [0.25, 0.3) is 5.91 Å². The van der Waals surface area contributed by atoms with Gasteiger partial charge in [0.2, 0.25) is 5.91 Å². The number of carbonyl (C=O) groups is 3. The van der Waals surface area contributed by atoms with E-state index in [0.29, 0.717) is 60.7 Å². The first-order chi connectivity index (χ1) is 18.3. The van der Waals surface area contributed by atoms with E-state index in [1.807, 2.05) is 0 Å². The average Bonchev–Trinajstić information content (AvgIpc) is 3.49. The quantitative estimate of drug-likeness (QED) is 0.417. The van der Waals surface area contributed by atoms with Crippen molar-refractivity contribution in [2.75, 3.05) is 17.2 Å². The van der Waals surface area contributed by atoms with Gasteiger partial charge < -0.3 is 20.5 Å². The number of aryl methyl sites for hydroxylation is 2. The van der Waals surface area contributed by atoms with Crippen molar-refractivity contribution in [3.8, 4) is 11.8 Å². The van der Waals surface area contributed by atoms with Crippen molar-refractivity contribution in [3.63, 3.8) is 0 Å². The summed E-state index contributed by atoms with van der Waals surface area (Å²) >= 11 is 0. The molecule has 10 heteroatoms. The molecule has 1 spiro atoms. The van der Waals surface area contributed by atoms with Crippen molar-refractivity contribution >= 4 is 29.3 Å². The first kappa shape index (κ1) is 25.0. The van der Waals surface area contributed by atoms with Crippen LogP contribution in [-0.2, 0) is 28.5 Å². The van der Waals surface area contributed by atoms with E-state index in [4.69, 9.17) is 9.84 Å². The van der Waals surface area contributed by atoms with E-state index in [0.717, 1.165) is 11.1 Å². The Morgan fingerprint density at radius 3 is 2.79 bits per heavy atom. The number of hydrogen-bond acceptors (Lipinski definition) is 6. The molecule has 194 valence electrons. The summed E-state index contributed by atoms with van der Waals surface area (Å²) in [6, 6.07) is 14.1. The number of aromatic nitrogens is 2. The summed E-state index contributed by atoms with van der Waals surface area (Å²) < 4.78 is 7.43. The molecule has 1 aliphatic carbocycles. The second kappa shape index (κ2) is 10.0. The Balaban J connectivity index is 1.35. The molecule has 1 aromatic heterocycles. The Morgan fingerprint density at radius 1 is 1.21 bits per heavy atom. The maximum absolute atomic E-state index is 13.4. The van der Waals surface area contributed by atoms with Crippen molar-refractivity contribution in [2.24, 2.45) is 13.0 Å². The number of carboxylic acids is 1. The summed E-state index contributed by atoms with van der Waals surface area (Å²) in [5.41, 5.74) is 2.59. The summed E-state index contributed by atoms with van der Waals surface area (Å²) in [7, 11) is 1.74. The summed E-state index contributed by atoms with van der Waals surface area (Å²) in [4.78, 5) is 37.3. The Morgan fingerprint density at radius 2 is 2.05 bits per heavy atom. The number of fused-ring (bicyclic) bond motifs is 2. The van der Waals surface area contributed by atoms with Crippen LogP contribution in [0.25, 0.3) is 0 Å². The van der Waals surface area contributed by atoms with E-state index in [1.54, 1.807) is 60.4 Å². The van der Waals surface area contributed by atoms with Gasteiger partial charge in [0.15, 0.2) is 0 Å². The predicted molar refractivity (Wildman–Crippen MR) is 138 cm³/mol. The van der Waals surface area contributed by atoms with Crippen LogP contribution in [-0.4, -0.2) is 39.3 Å². The van der Waals surface area contributed by atoms with E-state index in [9.17, 15) is 19.6 Å². The predicted octanol–water partition coefficient (Wildman–Crippen LogP) is 3.63. The fraction of sp³-hybridized carbons (Fsp3) is 0.321. The number of nitrogens with zero attached hydrogens (tertiary/aromatic N) is 3. The molecule has 2 heterocycles. The Bertz CT molecular complexity index is 1470. The SMILES string of the molecule is Cn1nccc1NC(=O)c1ccc2c(c1)[C@]1(CCO2)C[C@H]1C(=O)Nc1cc(C#N)ccc1CCCC(=O)O. The maximum Gasteiger partial charge on any atom is 0.303 e. The molecular formula is C28H27N5O5. The average molecular weight is 514 g/mol. The van der Waals surface area contributed by atoms with E-state index in [2.05, 4.69) is 21.8 Å². The number of carboxylic acid groups (broad SMARTS) is 1. The number of nitriles is 1. The van der Waals surface area contributed by atoms with Gasteiger partial charge in [0, 0.05) is 47.7 Å². The van der Waals surface area contributed by atoms with Crippen LogP contribution >= 0.6 is 0 Å². The zero-order valence-electron chi connectivity index (χ0n) is 20.9. The van der Waals surface area contributed by atoms with Crippen molar-refractivity contribution in [3.05, 3.63) is 70.9 Å². The molecule has 2 aliphatic rings. The molecule has 0 bridgehead atoms. The molecule has 0 unspecified atom stereocenters. The molecular weight excluding hydrogens is 486 g/mol. The molecule has 38 heavy (non-hydrogen) atoms. The minimum atomic E-state index is -0.879. The number of hydrogen-bond donors (Lipinski definition) is 3. The number of anilines is 2. The second-order valence-electron chi connectivity index (χ2n) is 9.74. The zero-order valence-corrected chi connectivity index (χ0v) is 20.9. The van der Waals surface area contributed by atoms with E-state index < -0.39 is 11.4 Å². The lowest BCUT2D eigenvalue weighted by Crippen LogP contribution is -2.27. The van der Waals surface area contributed by atoms with E-state index in [1.165, 1.54) is 0 Å². The Kier molecular flexibility index (Phi) is 6.59. The first-order valence-corrected chi connectivity index (χ1v) is 12.4. The largest absolute Gasteiger partial charge is 0.493 e. The summed E-state index contributed by atoms with van der Waals surface area (Å²) in [6.45, 7) is 0.474. The van der Waals surface area contributed by atoms with Gasteiger partial charge in [-0.2, -0.15) is 10.4 Å². The number of rotatable bonds is 8. The molecule has 1 saturated carbocycles. The zero-order chi connectivity index (χ0) is 26.9. The smallest absolute Gasteiger partial charge is 0.303 e. The lowest BCUT2D eigenvalue weighted by atomic mass is 9.86. The van der Waals surface area contributed by atoms with Crippen molar-refractivity contribution in [2.45, 2.75) is 37.5 Å². The van der Waals surface area contributed by atoms with Gasteiger partial charge in [-0.1, -0.05) is 6.07 Å². The highest BCUT2D eigenvalue weighted by molar-refractivity contribution is 6.04. The summed E-state index contributed by atoms with van der Waals surface area (Å²) in [6.07, 6.45) is 3.78. The van der Waals surface area contributed by atoms with E-state index in [-0.39, 0.29) is 24.2 Å². The number of aliphatic carboxylic acids is 1. The first-order valence-electron chi connectivity index (χ1n) is 12.4. The number of carbonyl (C=O) groups excluding carboxylic acids is 2. The molecule has 2 atom stereocenters. The molecule has 2 amide bonds. The maximum atomic E-state index is 13.4. The second-order valence-corrected chi connectivity index (χ2v) is 9.74. The van der Waals surface area contributed by atoms with Gasteiger partial charge in [-0.3, -0.25) is 19.1 Å². The van der Waals surface area contributed by atoms with Crippen LogP contribution in [0.5, 0.6) is 5.75 Å². The molecule has 0 saturated heterocycles. The topological polar surface area (TPSA) is 146 Å². The fourth-order valence-corrected chi connectivity index (χ4v) is 5.20. The minimum Gasteiger partial charge on any atom is -0.493 e. The van der Waals surface area contributed by atoms with Crippen LogP contribution < -0.4 is 15.4 Å². The Labute approximate surface area is 219 Å². The molecule has 0 radical (unpaired) electrons. The molecule has 1 fully saturated rings. The third kappa shape index (κ3) is 4.83. The van der Waals surface area contributed by atoms with Crippen molar-refractivity contribution in [1.82, 2.24) is 9.78 Å². The fourth-order valence-electron chi connectivity index (χ4n) is 5.20. The highest BCUT2D eigenvalue weighted by Gasteiger charge is 2.61. The molecule has 5 rings (SSSR count). The van der Waals surface area contributed by atoms with Gasteiger partial charge in [-0.15, -0.1) is 0 Å². The van der Waals surface area contributed by atoms with E-state index >= 15 is 0 Å². The number of amides is 2. The van der Waals surface area contributed by atoms with Gasteiger partial charge in [-0.25, -0.2) is 0 Å².